The van der Waals surface area contributed by atoms with Crippen molar-refractivity contribution in [1.29, 1.82) is 0 Å². The number of nitrogens with one attached hydrogen (secondary N) is 1. The molecule has 0 saturated heterocycles. The minimum absolute atomic E-state index is 0.273. The van der Waals surface area contributed by atoms with Crippen LogP contribution in [0, 0.1) is 12.8 Å². The van der Waals surface area contributed by atoms with Gasteiger partial charge in [-0.2, -0.15) is 4.37 Å². The van der Waals surface area contributed by atoms with Crippen molar-refractivity contribution >= 4 is 17.6 Å². The summed E-state index contributed by atoms with van der Waals surface area (Å²) in [5.74, 6) is 1.21. The van der Waals surface area contributed by atoms with Crippen LogP contribution in [-0.4, -0.2) is 22.1 Å². The number of urea groups is 1. The van der Waals surface area contributed by atoms with Gasteiger partial charge in [-0.25, -0.2) is 4.79 Å². The fourth-order valence-electron chi connectivity index (χ4n) is 3.45. The summed E-state index contributed by atoms with van der Waals surface area (Å²) in [4.78, 5) is 12.1. The van der Waals surface area contributed by atoms with E-state index in [1.54, 1.807) is 12.1 Å². The van der Waals surface area contributed by atoms with Crippen molar-refractivity contribution in [2.24, 2.45) is 11.7 Å². The van der Waals surface area contributed by atoms with Crippen LogP contribution in [0.3, 0.4) is 0 Å². The maximum Gasteiger partial charge on any atom is 0.312 e. The van der Waals surface area contributed by atoms with Crippen molar-refractivity contribution in [2.75, 3.05) is 6.54 Å². The molecular formula is C17H21N3O2S. The Kier molecular flexibility index (Phi) is 4.52. The number of amides is 2. The number of carbonyl (C=O) groups is 1. The van der Waals surface area contributed by atoms with Crippen LogP contribution in [0.25, 0.3) is 10.4 Å². The minimum atomic E-state index is -0.452. The summed E-state index contributed by atoms with van der Waals surface area (Å²) in [7, 11) is 0. The fourth-order valence-corrected chi connectivity index (χ4v) is 4.43. The molecule has 1 aliphatic carbocycles. The summed E-state index contributed by atoms with van der Waals surface area (Å²) >= 11 is 1.52. The van der Waals surface area contributed by atoms with E-state index >= 15 is 0 Å². The van der Waals surface area contributed by atoms with E-state index in [0.717, 1.165) is 30.5 Å². The first-order valence-electron chi connectivity index (χ1n) is 7.83. The molecule has 6 heteroatoms. The molecule has 1 aliphatic rings. The van der Waals surface area contributed by atoms with Gasteiger partial charge >= 0.3 is 6.03 Å². The molecular weight excluding hydrogens is 310 g/mol. The number of rotatable bonds is 4. The molecule has 2 unspecified atom stereocenters. The highest BCUT2D eigenvalue weighted by Gasteiger charge is 2.30. The second kappa shape index (κ2) is 6.58. The Bertz CT molecular complexity index is 696. The van der Waals surface area contributed by atoms with Gasteiger partial charge in [0, 0.05) is 6.54 Å². The summed E-state index contributed by atoms with van der Waals surface area (Å²) < 4.78 is 4.55. The van der Waals surface area contributed by atoms with Crippen LogP contribution in [0.15, 0.2) is 24.3 Å². The molecule has 122 valence electrons. The number of nitrogens with zero attached hydrogens (tertiary/aromatic N) is 1. The predicted molar refractivity (Wildman–Crippen MR) is 91.6 cm³/mol. The average Bonchev–Trinajstić information content (AvgIpc) is 3.12. The number of hydrogen-bond donors (Lipinski definition) is 3. The fraction of sp³-hybridized carbons (Fsp3) is 0.412. The van der Waals surface area contributed by atoms with Crippen molar-refractivity contribution in [1.82, 2.24) is 9.69 Å². The standard InChI is InChI=1S/C17H21N3O2S/c1-10-15(13-3-2-11(8-13)9-19-17(18)22)16(23-20-10)12-4-6-14(21)7-5-12/h4-7,11,13,21H,2-3,8-9H2,1H3,(H3,18,19,22). The second-order valence-corrected chi connectivity index (χ2v) is 6.95. The van der Waals surface area contributed by atoms with Crippen molar-refractivity contribution in [3.05, 3.63) is 35.5 Å². The van der Waals surface area contributed by atoms with Crippen LogP contribution >= 0.6 is 11.5 Å². The number of primary amides is 1. The number of aryl methyl sites for hydroxylation is 1. The molecule has 1 fully saturated rings. The third kappa shape index (κ3) is 3.47. The van der Waals surface area contributed by atoms with Crippen molar-refractivity contribution in [3.63, 3.8) is 0 Å². The third-order valence-corrected chi connectivity index (χ3v) is 5.56. The highest BCUT2D eigenvalue weighted by atomic mass is 32.1. The van der Waals surface area contributed by atoms with E-state index in [0.29, 0.717) is 18.4 Å². The molecule has 2 atom stereocenters. The molecule has 0 aliphatic heterocycles. The van der Waals surface area contributed by atoms with Gasteiger partial charge in [0.1, 0.15) is 5.75 Å². The molecule has 23 heavy (non-hydrogen) atoms. The normalized spacial score (nSPS) is 20.6. The first-order valence-corrected chi connectivity index (χ1v) is 8.60. The lowest BCUT2D eigenvalue weighted by Gasteiger charge is -2.13. The molecule has 2 amide bonds. The summed E-state index contributed by atoms with van der Waals surface area (Å²) in [6, 6.07) is 6.84. The first kappa shape index (κ1) is 15.8. The first-order chi connectivity index (χ1) is 11.0. The van der Waals surface area contributed by atoms with Crippen LogP contribution in [0.5, 0.6) is 5.75 Å². The third-order valence-electron chi connectivity index (χ3n) is 4.55. The number of hydrogen-bond acceptors (Lipinski definition) is 4. The van der Waals surface area contributed by atoms with Crippen LogP contribution in [0.1, 0.15) is 36.4 Å². The molecule has 0 spiro atoms. The highest BCUT2D eigenvalue weighted by molar-refractivity contribution is 7.09. The summed E-state index contributed by atoms with van der Waals surface area (Å²) in [5.41, 5.74) is 8.67. The average molecular weight is 331 g/mol. The smallest absolute Gasteiger partial charge is 0.312 e. The van der Waals surface area contributed by atoms with E-state index < -0.39 is 6.03 Å². The van der Waals surface area contributed by atoms with E-state index in [1.807, 2.05) is 12.1 Å². The van der Waals surface area contributed by atoms with Crippen molar-refractivity contribution in [2.45, 2.75) is 32.1 Å². The summed E-state index contributed by atoms with van der Waals surface area (Å²) in [5, 5.41) is 12.2. The van der Waals surface area contributed by atoms with Gasteiger partial charge in [0.2, 0.25) is 0 Å². The lowest BCUT2D eigenvalue weighted by atomic mass is 9.93. The van der Waals surface area contributed by atoms with E-state index in [4.69, 9.17) is 5.73 Å². The van der Waals surface area contributed by atoms with Gasteiger partial charge in [-0.05, 0) is 84.9 Å². The quantitative estimate of drug-likeness (QED) is 0.802. The Morgan fingerprint density at radius 1 is 1.39 bits per heavy atom. The van der Waals surface area contributed by atoms with Gasteiger partial charge in [0.05, 0.1) is 10.6 Å². The largest absolute Gasteiger partial charge is 0.508 e. The predicted octanol–water partition coefficient (Wildman–Crippen LogP) is 3.38. The molecule has 1 saturated carbocycles. The summed E-state index contributed by atoms with van der Waals surface area (Å²) in [6.07, 6.45) is 3.25. The van der Waals surface area contributed by atoms with Crippen molar-refractivity contribution in [3.8, 4) is 16.2 Å². The lowest BCUT2D eigenvalue weighted by molar-refractivity contribution is 0.247. The Balaban J connectivity index is 1.80. The topological polar surface area (TPSA) is 88.2 Å². The number of phenolic OH excluding ortho intramolecular Hbond substituents is 1. The van der Waals surface area contributed by atoms with E-state index in [2.05, 4.69) is 16.6 Å². The molecule has 4 N–H and O–H groups in total. The van der Waals surface area contributed by atoms with Gasteiger partial charge in [-0.1, -0.05) is 0 Å². The van der Waals surface area contributed by atoms with E-state index in [-0.39, 0.29) is 5.75 Å². The van der Waals surface area contributed by atoms with Crippen LogP contribution in [0.2, 0.25) is 0 Å². The number of aromatic hydroxyl groups is 1. The molecule has 0 radical (unpaired) electrons. The van der Waals surface area contributed by atoms with Crippen molar-refractivity contribution < 1.29 is 9.90 Å². The molecule has 3 rings (SSSR count). The van der Waals surface area contributed by atoms with Crippen LogP contribution in [0.4, 0.5) is 4.79 Å². The summed E-state index contributed by atoms with van der Waals surface area (Å²) in [6.45, 7) is 2.71. The number of phenols is 1. The highest BCUT2D eigenvalue weighted by Crippen LogP contribution is 2.44. The monoisotopic (exact) mass is 331 g/mol. The second-order valence-electron chi connectivity index (χ2n) is 6.18. The zero-order valence-electron chi connectivity index (χ0n) is 13.1. The molecule has 2 aromatic rings. The SMILES string of the molecule is Cc1nsc(-c2ccc(O)cc2)c1C1CCC(CNC(N)=O)C1. The van der Waals surface area contributed by atoms with Gasteiger partial charge < -0.3 is 16.2 Å². The van der Waals surface area contributed by atoms with Gasteiger partial charge in [0.15, 0.2) is 0 Å². The minimum Gasteiger partial charge on any atom is -0.508 e. The van der Waals surface area contributed by atoms with Gasteiger partial charge in [-0.3, -0.25) is 0 Å². The van der Waals surface area contributed by atoms with Gasteiger partial charge in [-0.15, -0.1) is 0 Å². The number of nitrogens with two attached hydrogens (primary N) is 1. The van der Waals surface area contributed by atoms with Crippen LogP contribution < -0.4 is 11.1 Å². The zero-order chi connectivity index (χ0) is 16.4. The number of aromatic nitrogens is 1. The Hall–Kier alpha value is -2.08. The molecule has 0 bridgehead atoms. The number of carbonyl (C=O) groups excluding carboxylic acids is 1. The maximum atomic E-state index is 10.9. The zero-order valence-corrected chi connectivity index (χ0v) is 13.9. The van der Waals surface area contributed by atoms with Crippen LogP contribution in [-0.2, 0) is 0 Å². The Morgan fingerprint density at radius 2 is 2.13 bits per heavy atom. The molecule has 1 aromatic heterocycles. The Labute approximate surface area is 139 Å². The molecule has 1 aromatic carbocycles. The molecule has 1 heterocycles. The van der Waals surface area contributed by atoms with E-state index in [9.17, 15) is 9.90 Å². The van der Waals surface area contributed by atoms with E-state index in [1.165, 1.54) is 22.0 Å². The van der Waals surface area contributed by atoms with Gasteiger partial charge in [0.25, 0.3) is 0 Å². The molecule has 5 nitrogen and oxygen atoms in total. The lowest BCUT2D eigenvalue weighted by Crippen LogP contribution is -2.33. The Morgan fingerprint density at radius 3 is 2.83 bits per heavy atom. The number of benzene rings is 1. The maximum absolute atomic E-state index is 10.9.